The van der Waals surface area contributed by atoms with E-state index in [4.69, 9.17) is 27.7 Å². The lowest BCUT2D eigenvalue weighted by Gasteiger charge is -2.26. The number of nitrogens with one attached hydrogen (secondary N) is 2. The Morgan fingerprint density at radius 1 is 1.31 bits per heavy atom. The number of aryl methyl sites for hydroxylation is 1. The van der Waals surface area contributed by atoms with Gasteiger partial charge in [-0.05, 0) is 45.7 Å². The van der Waals surface area contributed by atoms with Crippen LogP contribution in [-0.4, -0.2) is 35.0 Å². The minimum absolute atomic E-state index is 0.0939. The highest BCUT2D eigenvalue weighted by Crippen LogP contribution is 2.38. The van der Waals surface area contributed by atoms with Crippen molar-refractivity contribution in [3.8, 4) is 11.3 Å². The Morgan fingerprint density at radius 3 is 2.59 bits per heavy atom. The van der Waals surface area contributed by atoms with Crippen LogP contribution < -0.4 is 10.6 Å². The first-order valence-electron chi connectivity index (χ1n) is 9.65. The summed E-state index contributed by atoms with van der Waals surface area (Å²) in [5.41, 5.74) is 0.880. The van der Waals surface area contributed by atoms with Gasteiger partial charge in [0.15, 0.2) is 5.78 Å². The van der Waals surface area contributed by atoms with E-state index in [9.17, 15) is 9.59 Å². The molecular weight excluding hydrogens is 413 g/mol. The lowest BCUT2D eigenvalue weighted by Crippen LogP contribution is -2.49. The molecule has 29 heavy (non-hydrogen) atoms. The molecule has 1 aliphatic rings. The summed E-state index contributed by atoms with van der Waals surface area (Å²) >= 11 is 12.6. The fourth-order valence-electron chi connectivity index (χ4n) is 3.41. The van der Waals surface area contributed by atoms with Crippen LogP contribution in [0.5, 0.6) is 0 Å². The molecule has 0 spiro atoms. The van der Waals surface area contributed by atoms with Gasteiger partial charge in [-0.2, -0.15) is 0 Å². The maximum Gasteiger partial charge on any atom is 0.237 e. The molecule has 3 rings (SSSR count). The van der Waals surface area contributed by atoms with E-state index in [1.807, 2.05) is 20.8 Å². The lowest BCUT2D eigenvalue weighted by molar-refractivity contribution is -0.124. The Balaban J connectivity index is 1.83. The van der Waals surface area contributed by atoms with Crippen molar-refractivity contribution in [1.82, 2.24) is 15.8 Å². The third kappa shape index (κ3) is 4.49. The first-order chi connectivity index (χ1) is 13.6. The molecule has 1 amide bonds. The number of halogens is 2. The van der Waals surface area contributed by atoms with Gasteiger partial charge in [0.2, 0.25) is 5.91 Å². The van der Waals surface area contributed by atoms with E-state index in [0.29, 0.717) is 45.6 Å². The van der Waals surface area contributed by atoms with Crippen molar-refractivity contribution in [1.29, 1.82) is 0 Å². The van der Waals surface area contributed by atoms with Crippen molar-refractivity contribution in [3.05, 3.63) is 39.6 Å². The zero-order chi connectivity index (χ0) is 21.3. The molecule has 1 saturated heterocycles. The van der Waals surface area contributed by atoms with E-state index in [-0.39, 0.29) is 23.1 Å². The summed E-state index contributed by atoms with van der Waals surface area (Å²) in [6.45, 7) is 8.06. The quantitative estimate of drug-likeness (QED) is 0.653. The largest absolute Gasteiger partial charge is 0.360 e. The van der Waals surface area contributed by atoms with Crippen molar-refractivity contribution in [2.24, 2.45) is 5.92 Å². The fourth-order valence-corrected chi connectivity index (χ4v) is 3.98. The number of hydrogen-bond donors (Lipinski definition) is 2. The standard InChI is InChI=1S/C21H25Cl2N3O3/c1-5-21(3,4)25-20(28)15-9-12(10-24-15)19(27)16-11(2)29-26-18(16)17-13(22)7-6-8-14(17)23/h6-8,12,15,24H,5,9-10H2,1-4H3,(H,25,28). The molecule has 2 heterocycles. The van der Waals surface area contributed by atoms with Gasteiger partial charge in [-0.15, -0.1) is 0 Å². The first kappa shape index (κ1) is 21.8. The molecule has 1 aliphatic heterocycles. The van der Waals surface area contributed by atoms with Gasteiger partial charge >= 0.3 is 0 Å². The molecule has 0 radical (unpaired) electrons. The molecule has 156 valence electrons. The van der Waals surface area contributed by atoms with Crippen LogP contribution >= 0.6 is 23.2 Å². The van der Waals surface area contributed by atoms with Crippen LogP contribution in [0.1, 0.15) is 49.7 Å². The van der Waals surface area contributed by atoms with Crippen LogP contribution in [0.15, 0.2) is 22.7 Å². The van der Waals surface area contributed by atoms with Gasteiger partial charge in [-0.1, -0.05) is 41.3 Å². The third-order valence-electron chi connectivity index (χ3n) is 5.47. The number of carbonyl (C=O) groups is 2. The molecule has 2 aromatic rings. The Hall–Kier alpha value is -1.89. The second-order valence-corrected chi connectivity index (χ2v) is 8.86. The smallest absolute Gasteiger partial charge is 0.237 e. The number of hydrogen-bond acceptors (Lipinski definition) is 5. The van der Waals surface area contributed by atoms with Crippen molar-refractivity contribution in [2.45, 2.75) is 52.1 Å². The van der Waals surface area contributed by atoms with Crippen molar-refractivity contribution in [3.63, 3.8) is 0 Å². The summed E-state index contributed by atoms with van der Waals surface area (Å²) in [5, 5.41) is 11.0. The zero-order valence-electron chi connectivity index (χ0n) is 16.9. The second-order valence-electron chi connectivity index (χ2n) is 8.04. The van der Waals surface area contributed by atoms with E-state index >= 15 is 0 Å². The van der Waals surface area contributed by atoms with Gasteiger partial charge in [0.1, 0.15) is 11.5 Å². The molecular formula is C21H25Cl2N3O3. The van der Waals surface area contributed by atoms with Gasteiger partial charge in [0, 0.05) is 23.6 Å². The van der Waals surface area contributed by atoms with Gasteiger partial charge < -0.3 is 15.2 Å². The Bertz CT molecular complexity index is 919. The average molecular weight is 438 g/mol. The molecule has 2 atom stereocenters. The molecule has 0 aliphatic carbocycles. The number of Topliss-reactive ketones (excluding diaryl/α,β-unsaturated/α-hetero) is 1. The summed E-state index contributed by atoms with van der Waals surface area (Å²) in [5.74, 6) is -0.189. The number of nitrogens with zero attached hydrogens (tertiary/aromatic N) is 1. The first-order valence-corrected chi connectivity index (χ1v) is 10.4. The summed E-state index contributed by atoms with van der Waals surface area (Å²) < 4.78 is 5.31. The van der Waals surface area contributed by atoms with Gasteiger partial charge in [-0.25, -0.2) is 0 Å². The van der Waals surface area contributed by atoms with Gasteiger partial charge in [0.25, 0.3) is 0 Å². The summed E-state index contributed by atoms with van der Waals surface area (Å²) in [6, 6.07) is 4.69. The summed E-state index contributed by atoms with van der Waals surface area (Å²) in [7, 11) is 0. The number of benzene rings is 1. The topological polar surface area (TPSA) is 84.2 Å². The predicted molar refractivity (Wildman–Crippen MR) is 113 cm³/mol. The highest BCUT2D eigenvalue weighted by Gasteiger charge is 2.38. The minimum atomic E-state index is -0.415. The maximum atomic E-state index is 13.3. The van der Waals surface area contributed by atoms with E-state index in [1.54, 1.807) is 25.1 Å². The summed E-state index contributed by atoms with van der Waals surface area (Å²) in [4.78, 5) is 25.9. The third-order valence-corrected chi connectivity index (χ3v) is 6.10. The number of ketones is 1. The molecule has 1 aromatic carbocycles. The number of carbonyl (C=O) groups excluding carboxylic acids is 2. The Morgan fingerprint density at radius 2 is 1.97 bits per heavy atom. The van der Waals surface area contributed by atoms with Crippen molar-refractivity contribution in [2.75, 3.05) is 6.54 Å². The monoisotopic (exact) mass is 437 g/mol. The molecule has 6 nitrogen and oxygen atoms in total. The van der Waals surface area contributed by atoms with E-state index in [0.717, 1.165) is 6.42 Å². The number of rotatable bonds is 6. The average Bonchev–Trinajstić information content (AvgIpc) is 3.28. The van der Waals surface area contributed by atoms with E-state index in [2.05, 4.69) is 15.8 Å². The highest BCUT2D eigenvalue weighted by molar-refractivity contribution is 6.39. The molecule has 8 heteroatoms. The molecule has 1 aromatic heterocycles. The minimum Gasteiger partial charge on any atom is -0.360 e. The van der Waals surface area contributed by atoms with Crippen molar-refractivity contribution >= 4 is 34.9 Å². The van der Waals surface area contributed by atoms with Crippen LogP contribution in [0.2, 0.25) is 10.0 Å². The second kappa shape index (κ2) is 8.46. The highest BCUT2D eigenvalue weighted by atomic mass is 35.5. The van der Waals surface area contributed by atoms with Gasteiger partial charge in [-0.3, -0.25) is 9.59 Å². The number of amides is 1. The van der Waals surface area contributed by atoms with Crippen LogP contribution in [-0.2, 0) is 4.79 Å². The SMILES string of the molecule is CCC(C)(C)NC(=O)C1CC(C(=O)c2c(-c3c(Cl)cccc3Cl)noc2C)CN1. The molecule has 0 bridgehead atoms. The van der Waals surface area contributed by atoms with Crippen LogP contribution in [0, 0.1) is 12.8 Å². The van der Waals surface area contributed by atoms with Crippen LogP contribution in [0.4, 0.5) is 0 Å². The predicted octanol–water partition coefficient (Wildman–Crippen LogP) is 4.42. The molecule has 0 saturated carbocycles. The fraction of sp³-hybridized carbons (Fsp3) is 0.476. The van der Waals surface area contributed by atoms with E-state index in [1.165, 1.54) is 0 Å². The van der Waals surface area contributed by atoms with Crippen molar-refractivity contribution < 1.29 is 14.1 Å². The van der Waals surface area contributed by atoms with E-state index < -0.39 is 6.04 Å². The Labute approximate surface area is 180 Å². The molecule has 2 unspecified atom stereocenters. The molecule has 2 N–H and O–H groups in total. The normalized spacial score (nSPS) is 19.4. The van der Waals surface area contributed by atoms with Crippen LogP contribution in [0.25, 0.3) is 11.3 Å². The molecule has 1 fully saturated rings. The maximum absolute atomic E-state index is 13.3. The summed E-state index contributed by atoms with van der Waals surface area (Å²) in [6.07, 6.45) is 1.22. The van der Waals surface area contributed by atoms with Crippen LogP contribution in [0.3, 0.4) is 0 Å². The Kier molecular flexibility index (Phi) is 6.36. The zero-order valence-corrected chi connectivity index (χ0v) is 18.4. The van der Waals surface area contributed by atoms with Gasteiger partial charge in [0.05, 0.1) is 21.7 Å². The lowest BCUT2D eigenvalue weighted by atomic mass is 9.91. The number of aromatic nitrogens is 1.